The van der Waals surface area contributed by atoms with Crippen molar-refractivity contribution in [1.82, 2.24) is 10.6 Å². The number of benzene rings is 4. The maximum Gasteiger partial charge on any atom is 0.414 e. The summed E-state index contributed by atoms with van der Waals surface area (Å²) >= 11 is 0. The van der Waals surface area contributed by atoms with Crippen molar-refractivity contribution in [2.45, 2.75) is 51.0 Å². The molecule has 0 saturated carbocycles. The highest BCUT2D eigenvalue weighted by atomic mass is 16.5. The molecule has 4 rings (SSSR count). The summed E-state index contributed by atoms with van der Waals surface area (Å²) in [7, 11) is 3.28. The fourth-order valence-corrected chi connectivity index (χ4v) is 5.12. The zero-order valence-electron chi connectivity index (χ0n) is 31.5. The Hall–Kier alpha value is -6.20. The lowest BCUT2D eigenvalue weighted by molar-refractivity contribution is -0.159. The van der Waals surface area contributed by atoms with Crippen LogP contribution in [0.3, 0.4) is 0 Å². The molecule has 0 aliphatic heterocycles. The molecule has 0 aliphatic rings. The van der Waals surface area contributed by atoms with Gasteiger partial charge >= 0.3 is 11.9 Å². The van der Waals surface area contributed by atoms with Gasteiger partial charge in [0.2, 0.25) is 12.8 Å². The second kappa shape index (κ2) is 24.3. The molecule has 302 valence electrons. The number of carboxylic acids is 2. The number of aromatic hydroxyl groups is 2. The zero-order valence-corrected chi connectivity index (χ0v) is 31.5. The zero-order chi connectivity index (χ0) is 41.6. The van der Waals surface area contributed by atoms with Crippen LogP contribution in [0.2, 0.25) is 0 Å². The third kappa shape index (κ3) is 16.4. The van der Waals surface area contributed by atoms with E-state index in [1.54, 1.807) is 38.5 Å². The molecule has 0 radical (unpaired) electrons. The average Bonchev–Trinajstić information content (AvgIpc) is 3.19. The lowest BCUT2D eigenvalue weighted by Crippen LogP contribution is -2.32. The molecule has 0 unspecified atom stereocenters. The molecule has 0 aliphatic carbocycles. The minimum Gasteiger partial charge on any atom is -0.506 e. The van der Waals surface area contributed by atoms with E-state index in [9.17, 15) is 30.0 Å². The van der Waals surface area contributed by atoms with E-state index >= 15 is 0 Å². The monoisotopic (exact) mass is 778 g/mol. The number of phenols is 2. The summed E-state index contributed by atoms with van der Waals surface area (Å²) in [5, 5.41) is 66.1. The number of carbonyl (C=O) groups is 4. The Balaban J connectivity index is 0.000000338. The Morgan fingerprint density at radius 1 is 0.607 bits per heavy atom. The molecular formula is C40H50N4O12. The highest BCUT2D eigenvalue weighted by Crippen LogP contribution is 2.28. The van der Waals surface area contributed by atoms with Crippen molar-refractivity contribution in [2.24, 2.45) is 0 Å². The Morgan fingerprint density at radius 3 is 1.23 bits per heavy atom. The Labute approximate surface area is 324 Å². The predicted octanol–water partition coefficient (Wildman–Crippen LogP) is 3.60. The Bertz CT molecular complexity index is 1690. The van der Waals surface area contributed by atoms with Crippen LogP contribution in [0.15, 0.2) is 84.9 Å². The van der Waals surface area contributed by atoms with Crippen LogP contribution in [-0.4, -0.2) is 94.8 Å². The van der Waals surface area contributed by atoms with Crippen molar-refractivity contribution in [2.75, 3.05) is 37.9 Å². The number of aliphatic carboxylic acids is 2. The van der Waals surface area contributed by atoms with E-state index in [0.717, 1.165) is 24.3 Å². The fraction of sp³-hybridized carbons (Fsp3) is 0.300. The van der Waals surface area contributed by atoms with Gasteiger partial charge in [-0.05, 0) is 97.5 Å². The number of carboxylic acid groups (broad SMARTS) is 2. The molecule has 0 aromatic heterocycles. The van der Waals surface area contributed by atoms with Crippen molar-refractivity contribution in [3.63, 3.8) is 0 Å². The maximum absolute atomic E-state index is 10.5. The van der Waals surface area contributed by atoms with E-state index in [4.69, 9.17) is 29.3 Å². The molecule has 0 spiro atoms. The second-order valence-corrected chi connectivity index (χ2v) is 12.4. The van der Waals surface area contributed by atoms with Crippen LogP contribution in [0, 0.1) is 0 Å². The van der Waals surface area contributed by atoms with Gasteiger partial charge in [0.1, 0.15) is 23.0 Å². The smallest absolute Gasteiger partial charge is 0.414 e. The van der Waals surface area contributed by atoms with E-state index in [2.05, 4.69) is 21.3 Å². The highest BCUT2D eigenvalue weighted by Gasteiger charge is 2.14. The van der Waals surface area contributed by atoms with Gasteiger partial charge in [-0.15, -0.1) is 0 Å². The van der Waals surface area contributed by atoms with E-state index in [0.29, 0.717) is 37.0 Å². The standard InChI is InChI=1S/2C19H24N2O4.C2H2O4/c2*1-13(9-14-3-6-16(25-2)7-4-14)20-11-19(24)15-5-8-18(23)17(10-15)21-12-22;3-1(4)2(5)6/h2*3-8,10,12-13,19-20,23-24H,9,11H2,1-2H3,(H,21,22);(H,3,4)(H,5,6)/t2*13-,19+;/m11./s1. The number of hydrogen-bond acceptors (Lipinski definition) is 12. The summed E-state index contributed by atoms with van der Waals surface area (Å²) in [5.74, 6) is -2.07. The van der Waals surface area contributed by atoms with E-state index in [-0.39, 0.29) is 35.0 Å². The lowest BCUT2D eigenvalue weighted by atomic mass is 10.1. The van der Waals surface area contributed by atoms with Crippen molar-refractivity contribution < 1.29 is 59.3 Å². The van der Waals surface area contributed by atoms with Crippen LogP contribution >= 0.6 is 0 Å². The minimum absolute atomic E-state index is 0.0381. The van der Waals surface area contributed by atoms with Gasteiger partial charge in [-0.1, -0.05) is 36.4 Å². The maximum atomic E-state index is 10.5. The Kier molecular flexibility index (Phi) is 19.9. The number of amides is 2. The largest absolute Gasteiger partial charge is 0.506 e. The summed E-state index contributed by atoms with van der Waals surface area (Å²) in [6.07, 6.45) is 1.13. The first-order valence-corrected chi connectivity index (χ1v) is 17.3. The summed E-state index contributed by atoms with van der Waals surface area (Å²) in [6, 6.07) is 25.4. The molecule has 4 aromatic carbocycles. The number of carbonyl (C=O) groups excluding carboxylic acids is 2. The molecule has 10 N–H and O–H groups in total. The van der Waals surface area contributed by atoms with Crippen LogP contribution < -0.4 is 30.7 Å². The number of phenolic OH excluding ortho intramolecular Hbond substituents is 2. The Morgan fingerprint density at radius 2 is 0.946 bits per heavy atom. The first-order valence-electron chi connectivity index (χ1n) is 17.3. The topological polar surface area (TPSA) is 256 Å². The minimum atomic E-state index is -1.82. The summed E-state index contributed by atoms with van der Waals surface area (Å²) < 4.78 is 10.3. The van der Waals surface area contributed by atoms with Crippen LogP contribution in [0.25, 0.3) is 0 Å². The molecular weight excluding hydrogens is 728 g/mol. The first kappa shape index (κ1) is 46.0. The van der Waals surface area contributed by atoms with Crippen LogP contribution in [0.1, 0.15) is 48.3 Å². The van der Waals surface area contributed by atoms with Gasteiger partial charge in [0.15, 0.2) is 0 Å². The number of aliphatic hydroxyl groups excluding tert-OH is 2. The normalized spacial score (nSPS) is 12.5. The van der Waals surface area contributed by atoms with Gasteiger partial charge in [0.05, 0.1) is 37.8 Å². The highest BCUT2D eigenvalue weighted by molar-refractivity contribution is 6.27. The third-order valence-electron chi connectivity index (χ3n) is 8.14. The van der Waals surface area contributed by atoms with Crippen LogP contribution in [0.4, 0.5) is 11.4 Å². The van der Waals surface area contributed by atoms with Gasteiger partial charge in [-0.25, -0.2) is 9.59 Å². The van der Waals surface area contributed by atoms with Crippen molar-refractivity contribution in [3.8, 4) is 23.0 Å². The SMILES string of the molecule is COc1ccc(C[C@@H](C)NC[C@H](O)c2ccc(O)c(NC=O)c2)cc1.COc1ccc(C[C@@H](C)NC[C@H](O)c2ccc(O)c(NC=O)c2)cc1.O=C(O)C(=O)O. The number of ether oxygens (including phenoxy) is 2. The van der Waals surface area contributed by atoms with Crippen LogP contribution in [0.5, 0.6) is 23.0 Å². The molecule has 4 atom stereocenters. The lowest BCUT2D eigenvalue weighted by Gasteiger charge is -2.18. The molecule has 0 bridgehead atoms. The molecule has 2 amide bonds. The van der Waals surface area contributed by atoms with Gasteiger partial charge < -0.3 is 61.4 Å². The quantitative estimate of drug-likeness (QED) is 0.0394. The molecule has 0 fully saturated rings. The van der Waals surface area contributed by atoms with Crippen molar-refractivity contribution in [3.05, 3.63) is 107 Å². The molecule has 56 heavy (non-hydrogen) atoms. The number of methoxy groups -OCH3 is 2. The van der Waals surface area contributed by atoms with Gasteiger partial charge in [-0.3, -0.25) is 9.59 Å². The molecule has 4 aromatic rings. The number of hydrogen-bond donors (Lipinski definition) is 10. The van der Waals surface area contributed by atoms with E-state index in [1.807, 2.05) is 62.4 Å². The average molecular weight is 779 g/mol. The number of nitrogens with one attached hydrogen (secondary N) is 4. The van der Waals surface area contributed by atoms with E-state index < -0.39 is 24.1 Å². The molecule has 16 nitrogen and oxygen atoms in total. The second-order valence-electron chi connectivity index (χ2n) is 12.4. The van der Waals surface area contributed by atoms with Crippen molar-refractivity contribution >= 4 is 36.1 Å². The number of rotatable bonds is 18. The van der Waals surface area contributed by atoms with E-state index in [1.165, 1.54) is 23.3 Å². The molecule has 0 heterocycles. The third-order valence-corrected chi connectivity index (χ3v) is 8.14. The predicted molar refractivity (Wildman–Crippen MR) is 209 cm³/mol. The summed E-state index contributed by atoms with van der Waals surface area (Å²) in [4.78, 5) is 39.3. The molecule has 0 saturated heterocycles. The van der Waals surface area contributed by atoms with Gasteiger partial charge in [-0.2, -0.15) is 0 Å². The molecule has 16 heteroatoms. The van der Waals surface area contributed by atoms with Gasteiger partial charge in [0, 0.05) is 25.2 Å². The first-order chi connectivity index (χ1) is 26.7. The number of anilines is 2. The fourth-order valence-electron chi connectivity index (χ4n) is 5.12. The summed E-state index contributed by atoms with van der Waals surface area (Å²) in [6.45, 7) is 4.82. The summed E-state index contributed by atoms with van der Waals surface area (Å²) in [5.41, 5.74) is 4.14. The van der Waals surface area contributed by atoms with Crippen molar-refractivity contribution in [1.29, 1.82) is 0 Å². The number of aliphatic hydroxyl groups is 2. The van der Waals surface area contributed by atoms with Gasteiger partial charge in [0.25, 0.3) is 0 Å². The van der Waals surface area contributed by atoms with Crippen LogP contribution in [-0.2, 0) is 32.0 Å².